The quantitative estimate of drug-likeness (QED) is 0.613. The highest BCUT2D eigenvalue weighted by atomic mass is 16.6. The van der Waals surface area contributed by atoms with E-state index in [2.05, 4.69) is 0 Å². The van der Waals surface area contributed by atoms with E-state index in [-0.39, 0.29) is 12.1 Å². The average Bonchev–Trinajstić information content (AvgIpc) is 2.51. The summed E-state index contributed by atoms with van der Waals surface area (Å²) in [4.78, 5) is 11.4. The first-order chi connectivity index (χ1) is 6.10. The molecule has 1 aliphatic heterocycles. The number of ether oxygens (including phenoxy) is 3. The summed E-state index contributed by atoms with van der Waals surface area (Å²) in [5.74, 6) is -0.335. The summed E-state index contributed by atoms with van der Waals surface area (Å²) >= 11 is 0. The molecule has 0 N–H and O–H groups in total. The molecule has 4 heteroatoms. The van der Waals surface area contributed by atoms with Crippen molar-refractivity contribution < 1.29 is 19.0 Å². The Morgan fingerprint density at radius 3 is 2.62 bits per heavy atom. The van der Waals surface area contributed by atoms with Gasteiger partial charge in [-0.3, -0.25) is 0 Å². The van der Waals surface area contributed by atoms with E-state index >= 15 is 0 Å². The van der Waals surface area contributed by atoms with E-state index in [9.17, 15) is 4.79 Å². The third kappa shape index (κ3) is 2.19. The van der Waals surface area contributed by atoms with Crippen LogP contribution in [0.1, 0.15) is 20.3 Å². The van der Waals surface area contributed by atoms with Crippen LogP contribution in [0.2, 0.25) is 0 Å². The molecule has 0 spiro atoms. The highest BCUT2D eigenvalue weighted by molar-refractivity contribution is 5.80. The number of esters is 1. The van der Waals surface area contributed by atoms with Gasteiger partial charge in [0.1, 0.15) is 0 Å². The number of hydrogen-bond acceptors (Lipinski definition) is 4. The zero-order chi connectivity index (χ0) is 9.90. The number of rotatable bonds is 3. The van der Waals surface area contributed by atoms with Gasteiger partial charge in [-0.1, -0.05) is 0 Å². The smallest absolute Gasteiger partial charge is 0.340 e. The van der Waals surface area contributed by atoms with Gasteiger partial charge in [-0.05, 0) is 13.8 Å². The number of hydrogen-bond donors (Lipinski definition) is 0. The molecule has 0 saturated carbocycles. The lowest BCUT2D eigenvalue weighted by Crippen LogP contribution is -2.44. The maximum Gasteiger partial charge on any atom is 0.340 e. The molecule has 0 bridgehead atoms. The van der Waals surface area contributed by atoms with Crippen LogP contribution < -0.4 is 0 Å². The van der Waals surface area contributed by atoms with Gasteiger partial charge in [-0.25, -0.2) is 4.79 Å². The van der Waals surface area contributed by atoms with Crippen LogP contribution in [-0.2, 0) is 19.0 Å². The van der Waals surface area contributed by atoms with Crippen LogP contribution in [-0.4, -0.2) is 38.0 Å². The zero-order valence-corrected chi connectivity index (χ0v) is 8.33. The lowest BCUT2D eigenvalue weighted by molar-refractivity contribution is -0.175. The van der Waals surface area contributed by atoms with Gasteiger partial charge in [0.2, 0.25) is 0 Å². The van der Waals surface area contributed by atoms with Crippen LogP contribution in [0.5, 0.6) is 0 Å². The SMILES string of the molecule is COC(=O)[C@]1(OC(C)C)CCOC1. The minimum absolute atomic E-state index is 0.000741. The second-order valence-corrected chi connectivity index (χ2v) is 3.46. The molecular weight excluding hydrogens is 172 g/mol. The standard InChI is InChI=1S/C9H16O4/c1-7(2)13-9(8(10)11-3)4-5-12-6-9/h7H,4-6H2,1-3H3/t9-/m0/s1. The number of carbonyl (C=O) groups is 1. The Balaban J connectivity index is 2.68. The summed E-state index contributed by atoms with van der Waals surface area (Å²) in [6.45, 7) is 4.64. The summed E-state index contributed by atoms with van der Waals surface area (Å²) in [6.07, 6.45) is 0.582. The molecule has 1 rings (SSSR count). The predicted molar refractivity (Wildman–Crippen MR) is 46.4 cm³/mol. The molecule has 0 aliphatic carbocycles. The molecule has 0 aromatic carbocycles. The minimum atomic E-state index is -0.858. The van der Waals surface area contributed by atoms with Gasteiger partial charge in [0, 0.05) is 6.42 Å². The molecule has 0 aromatic heterocycles. The van der Waals surface area contributed by atoms with Crippen LogP contribution >= 0.6 is 0 Å². The Kier molecular flexibility index (Phi) is 3.27. The van der Waals surface area contributed by atoms with E-state index in [1.165, 1.54) is 7.11 Å². The third-order valence-electron chi connectivity index (χ3n) is 2.00. The summed E-state index contributed by atoms with van der Waals surface area (Å²) in [6, 6.07) is 0. The molecule has 4 nitrogen and oxygen atoms in total. The normalized spacial score (nSPS) is 28.0. The monoisotopic (exact) mass is 188 g/mol. The van der Waals surface area contributed by atoms with E-state index in [1.54, 1.807) is 0 Å². The molecule has 1 atom stereocenters. The van der Waals surface area contributed by atoms with Crippen molar-refractivity contribution in [3.8, 4) is 0 Å². The second kappa shape index (κ2) is 4.07. The Labute approximate surface area is 78.2 Å². The van der Waals surface area contributed by atoms with Crippen LogP contribution in [0.15, 0.2) is 0 Å². The highest BCUT2D eigenvalue weighted by Crippen LogP contribution is 2.26. The van der Waals surface area contributed by atoms with Crippen molar-refractivity contribution in [3.63, 3.8) is 0 Å². The Morgan fingerprint density at radius 1 is 1.54 bits per heavy atom. The molecule has 1 aliphatic rings. The lowest BCUT2D eigenvalue weighted by Gasteiger charge is -2.26. The van der Waals surface area contributed by atoms with Gasteiger partial charge in [0.15, 0.2) is 5.60 Å². The fourth-order valence-electron chi connectivity index (χ4n) is 1.49. The minimum Gasteiger partial charge on any atom is -0.467 e. The molecule has 76 valence electrons. The van der Waals surface area contributed by atoms with Crippen molar-refractivity contribution in [1.82, 2.24) is 0 Å². The Hall–Kier alpha value is -0.610. The van der Waals surface area contributed by atoms with Gasteiger partial charge in [0.25, 0.3) is 0 Å². The lowest BCUT2D eigenvalue weighted by atomic mass is 10.0. The summed E-state index contributed by atoms with van der Waals surface area (Å²) in [5, 5.41) is 0. The van der Waals surface area contributed by atoms with Crippen LogP contribution in [0.3, 0.4) is 0 Å². The average molecular weight is 188 g/mol. The van der Waals surface area contributed by atoms with E-state index in [4.69, 9.17) is 14.2 Å². The zero-order valence-electron chi connectivity index (χ0n) is 8.33. The highest BCUT2D eigenvalue weighted by Gasteiger charge is 2.45. The fourth-order valence-corrected chi connectivity index (χ4v) is 1.49. The first kappa shape index (κ1) is 10.5. The van der Waals surface area contributed by atoms with Gasteiger partial charge < -0.3 is 14.2 Å². The van der Waals surface area contributed by atoms with Crippen molar-refractivity contribution in [2.45, 2.75) is 32.0 Å². The first-order valence-electron chi connectivity index (χ1n) is 4.45. The fraction of sp³-hybridized carbons (Fsp3) is 0.889. The number of carbonyl (C=O) groups excluding carboxylic acids is 1. The molecular formula is C9H16O4. The van der Waals surface area contributed by atoms with E-state index in [1.807, 2.05) is 13.8 Å². The van der Waals surface area contributed by atoms with Gasteiger partial charge >= 0.3 is 5.97 Å². The number of methoxy groups -OCH3 is 1. The molecule has 0 radical (unpaired) electrons. The van der Waals surface area contributed by atoms with Crippen molar-refractivity contribution in [1.29, 1.82) is 0 Å². The Morgan fingerprint density at radius 2 is 2.23 bits per heavy atom. The molecule has 1 saturated heterocycles. The van der Waals surface area contributed by atoms with Gasteiger partial charge in [-0.2, -0.15) is 0 Å². The predicted octanol–water partition coefficient (Wildman–Crippen LogP) is 0.743. The molecule has 0 aromatic rings. The first-order valence-corrected chi connectivity index (χ1v) is 4.45. The van der Waals surface area contributed by atoms with E-state index < -0.39 is 5.60 Å². The maximum atomic E-state index is 11.4. The van der Waals surface area contributed by atoms with Crippen molar-refractivity contribution in [2.24, 2.45) is 0 Å². The molecule has 0 unspecified atom stereocenters. The van der Waals surface area contributed by atoms with Crippen molar-refractivity contribution in [3.05, 3.63) is 0 Å². The van der Waals surface area contributed by atoms with E-state index in [0.717, 1.165) is 0 Å². The Bertz CT molecular complexity index is 182. The second-order valence-electron chi connectivity index (χ2n) is 3.46. The summed E-state index contributed by atoms with van der Waals surface area (Å²) < 4.78 is 15.4. The van der Waals surface area contributed by atoms with E-state index in [0.29, 0.717) is 19.6 Å². The molecule has 0 amide bonds. The van der Waals surface area contributed by atoms with Gasteiger partial charge in [-0.15, -0.1) is 0 Å². The van der Waals surface area contributed by atoms with Crippen molar-refractivity contribution in [2.75, 3.05) is 20.3 Å². The molecule has 13 heavy (non-hydrogen) atoms. The van der Waals surface area contributed by atoms with Gasteiger partial charge in [0.05, 0.1) is 26.4 Å². The van der Waals surface area contributed by atoms with Crippen LogP contribution in [0.25, 0.3) is 0 Å². The summed E-state index contributed by atoms with van der Waals surface area (Å²) in [5.41, 5.74) is -0.858. The molecule has 1 fully saturated rings. The molecule has 1 heterocycles. The van der Waals surface area contributed by atoms with Crippen LogP contribution in [0.4, 0.5) is 0 Å². The topological polar surface area (TPSA) is 44.8 Å². The third-order valence-corrected chi connectivity index (χ3v) is 2.00. The largest absolute Gasteiger partial charge is 0.467 e. The summed E-state index contributed by atoms with van der Waals surface area (Å²) in [7, 11) is 1.37. The maximum absolute atomic E-state index is 11.4. The van der Waals surface area contributed by atoms with Crippen molar-refractivity contribution >= 4 is 5.97 Å². The van der Waals surface area contributed by atoms with Crippen LogP contribution in [0, 0.1) is 0 Å².